The zero-order chi connectivity index (χ0) is 31.9. The lowest BCUT2D eigenvalue weighted by Crippen LogP contribution is -2.54. The topological polar surface area (TPSA) is 96.0 Å². The summed E-state index contributed by atoms with van der Waals surface area (Å²) in [4.78, 5) is 29.5. The number of rotatable bonds is 12. The van der Waals surface area contributed by atoms with Gasteiger partial charge in [0.15, 0.2) is 0 Å². The molecule has 0 aliphatic heterocycles. The molecule has 1 atom stereocenters. The molecule has 1 aliphatic rings. The third kappa shape index (κ3) is 8.12. The van der Waals surface area contributed by atoms with E-state index >= 15 is 0 Å². The molecule has 2 amide bonds. The lowest BCUT2D eigenvalue weighted by atomic mass is 9.95. The molecule has 0 spiro atoms. The number of sulfonamides is 1. The van der Waals surface area contributed by atoms with E-state index in [0.717, 1.165) is 53.1 Å². The molecule has 1 saturated carbocycles. The number of halogens is 1. The van der Waals surface area contributed by atoms with Gasteiger partial charge in [0.05, 0.1) is 17.7 Å². The second-order valence-electron chi connectivity index (χ2n) is 11.4. The third-order valence-corrected chi connectivity index (χ3v) is 10.3. The van der Waals surface area contributed by atoms with Crippen LogP contribution in [0, 0.1) is 13.8 Å². The SMILES string of the molecule is CC[C@@H](C(=O)NC1CCCCC1)N(Cc1ccc(OC)cc1)C(=O)CN(c1ccc(C)c(C)c1)S(=O)(=O)c1ccc(Cl)cc1. The zero-order valence-corrected chi connectivity index (χ0v) is 27.5. The van der Waals surface area contributed by atoms with Crippen LogP contribution in [0.3, 0.4) is 0 Å². The molecule has 0 bridgehead atoms. The average molecular weight is 640 g/mol. The number of hydrogen-bond acceptors (Lipinski definition) is 5. The zero-order valence-electron chi connectivity index (χ0n) is 25.9. The quantitative estimate of drug-likeness (QED) is 0.247. The molecule has 10 heteroatoms. The predicted octanol–water partition coefficient (Wildman–Crippen LogP) is 6.42. The summed E-state index contributed by atoms with van der Waals surface area (Å²) in [6.45, 7) is 5.34. The van der Waals surface area contributed by atoms with E-state index in [2.05, 4.69) is 5.32 Å². The van der Waals surface area contributed by atoms with Gasteiger partial charge in [0.25, 0.3) is 10.0 Å². The number of anilines is 1. The highest BCUT2D eigenvalue weighted by Crippen LogP contribution is 2.28. The Labute approximate surface area is 266 Å². The van der Waals surface area contributed by atoms with Crippen LogP contribution in [0.4, 0.5) is 5.69 Å². The maximum Gasteiger partial charge on any atom is 0.264 e. The Bertz CT molecular complexity index is 1540. The molecule has 3 aromatic rings. The maximum atomic E-state index is 14.3. The number of nitrogens with one attached hydrogen (secondary N) is 1. The van der Waals surface area contributed by atoms with E-state index in [-0.39, 0.29) is 23.4 Å². The van der Waals surface area contributed by atoms with Gasteiger partial charge >= 0.3 is 0 Å². The molecule has 44 heavy (non-hydrogen) atoms. The first kappa shape index (κ1) is 33.3. The molecule has 0 radical (unpaired) electrons. The summed E-state index contributed by atoms with van der Waals surface area (Å²) in [5.74, 6) is -0.0366. The fourth-order valence-corrected chi connectivity index (χ4v) is 7.07. The smallest absolute Gasteiger partial charge is 0.264 e. The van der Waals surface area contributed by atoms with E-state index in [9.17, 15) is 18.0 Å². The van der Waals surface area contributed by atoms with E-state index in [1.807, 2.05) is 39.0 Å². The van der Waals surface area contributed by atoms with Crippen LogP contribution in [0.15, 0.2) is 71.6 Å². The summed E-state index contributed by atoms with van der Waals surface area (Å²) in [7, 11) is -2.60. The first-order valence-electron chi connectivity index (χ1n) is 15.1. The Balaban J connectivity index is 1.72. The fraction of sp³-hybridized carbons (Fsp3) is 0.412. The molecule has 3 aromatic carbocycles. The highest BCUT2D eigenvalue weighted by atomic mass is 35.5. The summed E-state index contributed by atoms with van der Waals surface area (Å²) in [6.07, 6.45) is 5.46. The molecular formula is C34H42ClN3O5S. The van der Waals surface area contributed by atoms with Gasteiger partial charge in [-0.3, -0.25) is 13.9 Å². The van der Waals surface area contributed by atoms with Crippen molar-refractivity contribution in [1.82, 2.24) is 10.2 Å². The lowest BCUT2D eigenvalue weighted by Gasteiger charge is -2.34. The number of carbonyl (C=O) groups is 2. The van der Waals surface area contributed by atoms with Crippen molar-refractivity contribution < 1.29 is 22.7 Å². The summed E-state index contributed by atoms with van der Waals surface area (Å²) in [5, 5.41) is 3.57. The van der Waals surface area contributed by atoms with Crippen molar-refractivity contribution in [3.63, 3.8) is 0 Å². The Hall–Kier alpha value is -3.56. The third-order valence-electron chi connectivity index (χ3n) is 8.31. The van der Waals surface area contributed by atoms with Crippen molar-refractivity contribution in [1.29, 1.82) is 0 Å². The molecule has 0 aromatic heterocycles. The normalized spacial score (nSPS) is 14.5. The monoisotopic (exact) mass is 639 g/mol. The molecule has 1 N–H and O–H groups in total. The van der Waals surface area contributed by atoms with Gasteiger partial charge in [0, 0.05) is 17.6 Å². The highest BCUT2D eigenvalue weighted by molar-refractivity contribution is 7.92. The largest absolute Gasteiger partial charge is 0.497 e. The first-order chi connectivity index (χ1) is 21.0. The van der Waals surface area contributed by atoms with Crippen LogP contribution in [0.5, 0.6) is 5.75 Å². The highest BCUT2D eigenvalue weighted by Gasteiger charge is 2.34. The van der Waals surface area contributed by atoms with Gasteiger partial charge in [0.1, 0.15) is 18.3 Å². The van der Waals surface area contributed by atoms with Gasteiger partial charge in [-0.15, -0.1) is 0 Å². The molecule has 8 nitrogen and oxygen atoms in total. The number of ether oxygens (including phenoxy) is 1. The average Bonchev–Trinajstić information content (AvgIpc) is 3.02. The van der Waals surface area contributed by atoms with Gasteiger partial charge in [-0.05, 0) is 98.3 Å². The van der Waals surface area contributed by atoms with Crippen molar-refractivity contribution in [2.75, 3.05) is 18.0 Å². The minimum atomic E-state index is -4.18. The van der Waals surface area contributed by atoms with Crippen LogP contribution in [-0.4, -0.2) is 50.9 Å². The number of hydrogen-bond donors (Lipinski definition) is 1. The Morgan fingerprint density at radius 2 is 1.61 bits per heavy atom. The minimum absolute atomic E-state index is 0.0108. The van der Waals surface area contributed by atoms with E-state index < -0.39 is 28.5 Å². The van der Waals surface area contributed by atoms with Crippen molar-refractivity contribution in [2.24, 2.45) is 0 Å². The van der Waals surface area contributed by atoms with Crippen molar-refractivity contribution in [3.05, 3.63) is 88.4 Å². The van der Waals surface area contributed by atoms with Gasteiger partial charge in [-0.25, -0.2) is 8.42 Å². The molecule has 0 saturated heterocycles. The standard InChI is InChI=1S/C34H42ClN3O5S/c1-5-32(34(40)36-28-9-7-6-8-10-28)37(22-26-12-17-30(43-4)18-13-26)33(39)23-38(29-16-11-24(2)25(3)21-29)44(41,42)31-19-14-27(35)15-20-31/h11-21,28,32H,5-10,22-23H2,1-4H3,(H,36,40)/t32-/m0/s1. The number of carbonyl (C=O) groups excluding carboxylic acids is 2. The Morgan fingerprint density at radius 1 is 0.955 bits per heavy atom. The number of amides is 2. The van der Waals surface area contributed by atoms with Crippen molar-refractivity contribution in [2.45, 2.75) is 82.8 Å². The Morgan fingerprint density at radius 3 is 2.20 bits per heavy atom. The summed E-state index contributed by atoms with van der Waals surface area (Å²) < 4.78 is 34.6. The van der Waals surface area contributed by atoms with Crippen molar-refractivity contribution >= 4 is 39.1 Å². The molecule has 4 rings (SSSR count). The van der Waals surface area contributed by atoms with Gasteiger partial charge in [-0.1, -0.05) is 56.0 Å². The maximum absolute atomic E-state index is 14.3. The molecule has 0 unspecified atom stereocenters. The molecular weight excluding hydrogens is 598 g/mol. The van der Waals surface area contributed by atoms with E-state index in [1.54, 1.807) is 31.4 Å². The Kier molecular flexibility index (Phi) is 11.3. The second-order valence-corrected chi connectivity index (χ2v) is 13.7. The van der Waals surface area contributed by atoms with Crippen molar-refractivity contribution in [3.8, 4) is 5.75 Å². The molecule has 0 heterocycles. The summed E-state index contributed by atoms with van der Waals surface area (Å²) >= 11 is 6.05. The first-order valence-corrected chi connectivity index (χ1v) is 16.9. The van der Waals surface area contributed by atoms with E-state index in [0.29, 0.717) is 22.9 Å². The van der Waals surface area contributed by atoms with Crippen LogP contribution >= 0.6 is 11.6 Å². The number of benzene rings is 3. The summed E-state index contributed by atoms with van der Waals surface area (Å²) in [6, 6.07) is 17.7. The van der Waals surface area contributed by atoms with Crippen LogP contribution in [0.25, 0.3) is 0 Å². The number of methoxy groups -OCH3 is 1. The van der Waals surface area contributed by atoms with E-state index in [4.69, 9.17) is 16.3 Å². The van der Waals surface area contributed by atoms with Gasteiger partial charge < -0.3 is 15.0 Å². The fourth-order valence-electron chi connectivity index (χ4n) is 5.53. The molecule has 1 aliphatic carbocycles. The van der Waals surface area contributed by atoms with Crippen LogP contribution in [-0.2, 0) is 26.2 Å². The predicted molar refractivity (Wildman–Crippen MR) is 175 cm³/mol. The van der Waals surface area contributed by atoms with E-state index in [1.165, 1.54) is 29.2 Å². The van der Waals surface area contributed by atoms with Crippen LogP contribution < -0.4 is 14.4 Å². The van der Waals surface area contributed by atoms with Gasteiger partial charge in [0.2, 0.25) is 11.8 Å². The van der Waals surface area contributed by atoms with Gasteiger partial charge in [-0.2, -0.15) is 0 Å². The van der Waals surface area contributed by atoms with Crippen LogP contribution in [0.1, 0.15) is 62.1 Å². The number of nitrogens with zero attached hydrogens (tertiary/aromatic N) is 2. The molecule has 236 valence electrons. The minimum Gasteiger partial charge on any atom is -0.497 e. The second kappa shape index (κ2) is 14.9. The van der Waals surface area contributed by atoms with Crippen LogP contribution in [0.2, 0.25) is 5.02 Å². The molecule has 1 fully saturated rings. The summed E-state index contributed by atoms with van der Waals surface area (Å²) in [5.41, 5.74) is 3.04. The number of aryl methyl sites for hydroxylation is 2. The lowest BCUT2D eigenvalue weighted by molar-refractivity contribution is -0.140.